The number of halogens is 2. The van der Waals surface area contributed by atoms with E-state index in [2.05, 4.69) is 21.2 Å². The number of nitrogens with zero attached hydrogens (tertiary/aromatic N) is 1. The Hall–Kier alpha value is -3.67. The summed E-state index contributed by atoms with van der Waals surface area (Å²) >= 11 is 9.36. The Kier molecular flexibility index (Phi) is 7.26. The fraction of sp³-hybridized carbons (Fsp3) is 0.120. The maximum absolute atomic E-state index is 12.6. The quantitative estimate of drug-likeness (QED) is 0.293. The zero-order valence-electron chi connectivity index (χ0n) is 17.9. The van der Waals surface area contributed by atoms with E-state index in [1.807, 2.05) is 24.3 Å². The molecule has 7 nitrogen and oxygen atoms in total. The third-order valence-corrected chi connectivity index (χ3v) is 5.82. The summed E-state index contributed by atoms with van der Waals surface area (Å²) in [5.74, 6) is 1.78. The van der Waals surface area contributed by atoms with Crippen LogP contribution in [0.4, 0.5) is 5.69 Å². The standard InChI is InChI=1S/C25H18BrClN2O5/c1-31-22-10-16(9-17(12-28)25(30)29-19-5-3-18(27)4-6-19)20(26)11-24(22)32-13-15-2-7-21-23(8-15)34-14-33-21/h2-11H,13-14H2,1H3,(H,29,30)/b17-9-. The van der Waals surface area contributed by atoms with Crippen molar-refractivity contribution < 1.29 is 23.7 Å². The van der Waals surface area contributed by atoms with Crippen molar-refractivity contribution in [2.24, 2.45) is 0 Å². The van der Waals surface area contributed by atoms with Gasteiger partial charge in [-0.05, 0) is 65.7 Å². The first-order chi connectivity index (χ1) is 16.5. The van der Waals surface area contributed by atoms with Crippen LogP contribution in [0.2, 0.25) is 5.02 Å². The number of anilines is 1. The van der Waals surface area contributed by atoms with E-state index in [-0.39, 0.29) is 19.0 Å². The van der Waals surface area contributed by atoms with Crippen LogP contribution in [-0.2, 0) is 11.4 Å². The normalized spacial score (nSPS) is 12.1. The Labute approximate surface area is 209 Å². The minimum absolute atomic E-state index is 0.0771. The van der Waals surface area contributed by atoms with Gasteiger partial charge in [0.15, 0.2) is 23.0 Å². The van der Waals surface area contributed by atoms with Crippen LogP contribution in [0.3, 0.4) is 0 Å². The monoisotopic (exact) mass is 540 g/mol. The number of carbonyl (C=O) groups is 1. The minimum Gasteiger partial charge on any atom is -0.493 e. The second kappa shape index (κ2) is 10.5. The summed E-state index contributed by atoms with van der Waals surface area (Å²) in [7, 11) is 1.52. The maximum atomic E-state index is 12.6. The third-order valence-electron chi connectivity index (χ3n) is 4.88. The summed E-state index contributed by atoms with van der Waals surface area (Å²) in [5.41, 5.74) is 1.93. The zero-order valence-corrected chi connectivity index (χ0v) is 20.3. The molecule has 1 heterocycles. The summed E-state index contributed by atoms with van der Waals surface area (Å²) in [4.78, 5) is 12.6. The van der Waals surface area contributed by atoms with Crippen LogP contribution in [0.25, 0.3) is 6.08 Å². The van der Waals surface area contributed by atoms with Gasteiger partial charge in [0, 0.05) is 15.2 Å². The number of rotatable bonds is 7. The summed E-state index contributed by atoms with van der Waals surface area (Å²) in [6.07, 6.45) is 1.47. The van der Waals surface area contributed by atoms with Crippen molar-refractivity contribution in [1.82, 2.24) is 0 Å². The van der Waals surface area contributed by atoms with Gasteiger partial charge in [-0.2, -0.15) is 5.26 Å². The van der Waals surface area contributed by atoms with E-state index in [1.54, 1.807) is 36.4 Å². The molecule has 0 radical (unpaired) electrons. The highest BCUT2D eigenvalue weighted by atomic mass is 79.9. The highest BCUT2D eigenvalue weighted by Crippen LogP contribution is 2.36. The second-order valence-corrected chi connectivity index (χ2v) is 8.42. The Morgan fingerprint density at radius 3 is 2.65 bits per heavy atom. The van der Waals surface area contributed by atoms with Crippen LogP contribution in [0.5, 0.6) is 23.0 Å². The molecule has 0 spiro atoms. The molecular weight excluding hydrogens is 524 g/mol. The largest absolute Gasteiger partial charge is 0.493 e. The van der Waals surface area contributed by atoms with E-state index < -0.39 is 5.91 Å². The van der Waals surface area contributed by atoms with E-state index in [0.29, 0.717) is 43.7 Å². The average molecular weight is 542 g/mol. The number of nitriles is 1. The number of hydrogen-bond donors (Lipinski definition) is 1. The zero-order chi connectivity index (χ0) is 24.1. The molecule has 0 unspecified atom stereocenters. The lowest BCUT2D eigenvalue weighted by Gasteiger charge is -2.13. The number of amides is 1. The fourth-order valence-corrected chi connectivity index (χ4v) is 3.72. The van der Waals surface area contributed by atoms with Crippen LogP contribution in [0.1, 0.15) is 11.1 Å². The van der Waals surface area contributed by atoms with Gasteiger partial charge >= 0.3 is 0 Å². The van der Waals surface area contributed by atoms with Gasteiger partial charge in [-0.3, -0.25) is 4.79 Å². The molecule has 9 heteroatoms. The molecule has 0 bridgehead atoms. The summed E-state index contributed by atoms with van der Waals surface area (Å²) in [6.45, 7) is 0.485. The van der Waals surface area contributed by atoms with Gasteiger partial charge in [0.2, 0.25) is 6.79 Å². The molecule has 3 aromatic carbocycles. The number of benzene rings is 3. The van der Waals surface area contributed by atoms with E-state index in [1.165, 1.54) is 13.2 Å². The maximum Gasteiger partial charge on any atom is 0.266 e. The van der Waals surface area contributed by atoms with Crippen molar-refractivity contribution in [3.8, 4) is 29.1 Å². The minimum atomic E-state index is -0.543. The summed E-state index contributed by atoms with van der Waals surface area (Å²) < 4.78 is 22.8. The molecule has 0 aliphatic carbocycles. The van der Waals surface area contributed by atoms with E-state index in [0.717, 1.165) is 5.56 Å². The first-order valence-corrected chi connectivity index (χ1v) is 11.2. The van der Waals surface area contributed by atoms with Gasteiger partial charge in [0.1, 0.15) is 18.2 Å². The van der Waals surface area contributed by atoms with E-state index >= 15 is 0 Å². The van der Waals surface area contributed by atoms with Crippen molar-refractivity contribution in [2.75, 3.05) is 19.2 Å². The molecule has 0 saturated carbocycles. The number of nitrogens with one attached hydrogen (secondary N) is 1. The van der Waals surface area contributed by atoms with Crippen molar-refractivity contribution >= 4 is 45.2 Å². The summed E-state index contributed by atoms with van der Waals surface area (Å²) in [6, 6.07) is 17.5. The molecule has 0 aromatic heterocycles. The van der Waals surface area contributed by atoms with Gasteiger partial charge in [-0.1, -0.05) is 33.6 Å². The number of fused-ring (bicyclic) bond motifs is 1. The molecule has 4 rings (SSSR count). The molecule has 0 fully saturated rings. The highest BCUT2D eigenvalue weighted by Gasteiger charge is 2.16. The lowest BCUT2D eigenvalue weighted by Crippen LogP contribution is -2.13. The van der Waals surface area contributed by atoms with Crippen molar-refractivity contribution in [3.63, 3.8) is 0 Å². The van der Waals surface area contributed by atoms with Crippen LogP contribution in [-0.4, -0.2) is 19.8 Å². The molecule has 1 aliphatic heterocycles. The van der Waals surface area contributed by atoms with Gasteiger partial charge in [0.25, 0.3) is 5.91 Å². The van der Waals surface area contributed by atoms with E-state index in [9.17, 15) is 10.1 Å². The molecular formula is C25H18BrClN2O5. The van der Waals surface area contributed by atoms with Crippen LogP contribution >= 0.6 is 27.5 Å². The van der Waals surface area contributed by atoms with Gasteiger partial charge in [-0.25, -0.2) is 0 Å². The molecule has 1 amide bonds. The SMILES string of the molecule is COc1cc(/C=C(/C#N)C(=O)Nc2ccc(Cl)cc2)c(Br)cc1OCc1ccc2c(c1)OCO2. The molecule has 34 heavy (non-hydrogen) atoms. The topological polar surface area (TPSA) is 89.8 Å². The van der Waals surface area contributed by atoms with Crippen molar-refractivity contribution in [2.45, 2.75) is 6.61 Å². The Morgan fingerprint density at radius 2 is 1.91 bits per heavy atom. The number of hydrogen-bond acceptors (Lipinski definition) is 6. The van der Waals surface area contributed by atoms with Crippen LogP contribution in [0, 0.1) is 11.3 Å². The average Bonchev–Trinajstić information content (AvgIpc) is 3.31. The summed E-state index contributed by atoms with van der Waals surface area (Å²) in [5, 5.41) is 12.8. The van der Waals surface area contributed by atoms with Gasteiger partial charge < -0.3 is 24.3 Å². The second-order valence-electron chi connectivity index (χ2n) is 7.13. The lowest BCUT2D eigenvalue weighted by atomic mass is 10.1. The molecule has 1 aliphatic rings. The molecule has 172 valence electrons. The molecule has 3 aromatic rings. The van der Waals surface area contributed by atoms with Crippen molar-refractivity contribution in [3.05, 3.63) is 80.8 Å². The predicted octanol–water partition coefficient (Wildman–Crippen LogP) is 5.96. The molecule has 0 atom stereocenters. The highest BCUT2D eigenvalue weighted by molar-refractivity contribution is 9.10. The first kappa shape index (κ1) is 23.5. The number of carbonyl (C=O) groups excluding carboxylic acids is 1. The number of methoxy groups -OCH3 is 1. The van der Waals surface area contributed by atoms with E-state index in [4.69, 9.17) is 30.5 Å². The Bertz CT molecular complexity index is 1300. The smallest absolute Gasteiger partial charge is 0.266 e. The third kappa shape index (κ3) is 5.45. The van der Waals surface area contributed by atoms with Gasteiger partial charge in [-0.15, -0.1) is 0 Å². The van der Waals surface area contributed by atoms with Gasteiger partial charge in [0.05, 0.1) is 7.11 Å². The Balaban J connectivity index is 1.51. The van der Waals surface area contributed by atoms with Crippen molar-refractivity contribution in [1.29, 1.82) is 5.26 Å². The molecule has 0 saturated heterocycles. The predicted molar refractivity (Wildman–Crippen MR) is 131 cm³/mol. The Morgan fingerprint density at radius 1 is 1.15 bits per heavy atom. The molecule has 1 N–H and O–H groups in total. The van der Waals surface area contributed by atoms with Crippen LogP contribution in [0.15, 0.2) is 64.6 Å². The fourth-order valence-electron chi connectivity index (χ4n) is 3.16. The lowest BCUT2D eigenvalue weighted by molar-refractivity contribution is -0.112. The first-order valence-electron chi connectivity index (χ1n) is 10.0. The van der Waals surface area contributed by atoms with Crippen LogP contribution < -0.4 is 24.3 Å². The number of ether oxygens (including phenoxy) is 4.